The first kappa shape index (κ1) is 3.58. The molecule has 0 amide bonds. The summed E-state index contributed by atoms with van der Waals surface area (Å²) < 4.78 is 108. The van der Waals surface area contributed by atoms with Crippen molar-refractivity contribution in [1.82, 2.24) is 0 Å². The molecule has 0 heterocycles. The van der Waals surface area contributed by atoms with Gasteiger partial charge in [0, 0.05) is 30.2 Å². The quantitative estimate of drug-likeness (QED) is 0.719. The summed E-state index contributed by atoms with van der Waals surface area (Å²) in [6.07, 6.45) is -1.48. The van der Waals surface area contributed by atoms with Crippen molar-refractivity contribution in [2.75, 3.05) is 0 Å². The van der Waals surface area contributed by atoms with Gasteiger partial charge in [-0.15, -0.1) is 0 Å². The highest BCUT2D eigenvalue weighted by Gasteiger charge is 2.21. The first-order valence-electron chi connectivity index (χ1n) is 11.4. The molecule has 0 bridgehead atoms. The van der Waals surface area contributed by atoms with Crippen LogP contribution >= 0.6 is 11.6 Å². The number of rotatable bonds is 3. The van der Waals surface area contributed by atoms with E-state index in [2.05, 4.69) is 0 Å². The molecule has 1 atom stereocenters. The summed E-state index contributed by atoms with van der Waals surface area (Å²) >= 11 is 5.74. The summed E-state index contributed by atoms with van der Waals surface area (Å²) in [5.41, 5.74) is -4.36. The molecule has 0 N–H and O–H groups in total. The first-order chi connectivity index (χ1) is 13.0. The Balaban J connectivity index is 3.79. The number of ketones is 1. The summed E-state index contributed by atoms with van der Waals surface area (Å²) in [4.78, 5) is 13.0. The van der Waals surface area contributed by atoms with Crippen molar-refractivity contribution >= 4 is 17.4 Å². The molecule has 0 aliphatic rings. The topological polar surface area (TPSA) is 17.1 Å². The van der Waals surface area contributed by atoms with Crippen molar-refractivity contribution in [3.63, 3.8) is 0 Å². The summed E-state index contributed by atoms with van der Waals surface area (Å²) in [5.74, 6) is -4.18. The van der Waals surface area contributed by atoms with Crippen LogP contribution in [0.5, 0.6) is 0 Å². The SMILES string of the molecule is [2H]c1c([2H])c(Cl)c([2H])c(C(=O)[C@@]([2H])(C)CC(C([2H])([2H])[2H])(C([2H])([2H])[2H])C([2H])([2H])[2H])c1[2H]. The molecule has 1 aromatic rings. The van der Waals surface area contributed by atoms with Crippen LogP contribution < -0.4 is 0 Å². The molecular weight excluding hydrogens is 220 g/mol. The highest BCUT2D eigenvalue weighted by atomic mass is 35.5. The third-order valence-corrected chi connectivity index (χ3v) is 1.93. The lowest BCUT2D eigenvalue weighted by atomic mass is 9.82. The zero-order chi connectivity index (χ0) is 24.2. The van der Waals surface area contributed by atoms with Crippen LogP contribution in [0.1, 0.15) is 63.4 Å². The third-order valence-electron chi connectivity index (χ3n) is 1.74. The van der Waals surface area contributed by atoms with Gasteiger partial charge >= 0.3 is 0 Å². The average Bonchev–Trinajstić information content (AvgIpc) is 2.52. The van der Waals surface area contributed by atoms with E-state index in [0.29, 0.717) is 0 Å². The lowest BCUT2D eigenvalue weighted by molar-refractivity contribution is 0.0897. The van der Waals surface area contributed by atoms with E-state index in [0.717, 1.165) is 6.92 Å². The summed E-state index contributed by atoms with van der Waals surface area (Å²) in [7, 11) is 0. The molecular formula is C14H19ClO. The van der Waals surface area contributed by atoms with Crippen LogP contribution in [0.3, 0.4) is 0 Å². The van der Waals surface area contributed by atoms with Gasteiger partial charge in [-0.05, 0) is 23.9 Å². The zero-order valence-corrected chi connectivity index (χ0v) is 9.25. The maximum atomic E-state index is 13.0. The predicted molar refractivity (Wildman–Crippen MR) is 69.0 cm³/mol. The van der Waals surface area contributed by atoms with Crippen molar-refractivity contribution in [2.45, 2.75) is 33.9 Å². The number of Topliss-reactive ketones (excluding diaryl/α,β-unsaturated/α-hetero) is 1. The van der Waals surface area contributed by atoms with Gasteiger partial charge in [0.2, 0.25) is 0 Å². The maximum Gasteiger partial charge on any atom is 0.165 e. The van der Waals surface area contributed by atoms with E-state index in [-0.39, 0.29) is 0 Å². The van der Waals surface area contributed by atoms with Crippen LogP contribution in [0, 0.1) is 11.3 Å². The van der Waals surface area contributed by atoms with E-state index in [4.69, 9.17) is 30.8 Å². The minimum atomic E-state index is -3.64. The van der Waals surface area contributed by atoms with E-state index in [1.54, 1.807) is 0 Å². The minimum Gasteiger partial charge on any atom is -0.294 e. The molecule has 16 heavy (non-hydrogen) atoms. The van der Waals surface area contributed by atoms with Gasteiger partial charge in [-0.1, -0.05) is 51.2 Å². The molecule has 0 fully saturated rings. The second kappa shape index (κ2) is 5.01. The second-order valence-electron chi connectivity index (χ2n) is 3.38. The lowest BCUT2D eigenvalue weighted by Gasteiger charge is -2.22. The maximum absolute atomic E-state index is 13.0. The van der Waals surface area contributed by atoms with Crippen LogP contribution in [-0.4, -0.2) is 5.78 Å². The fraction of sp³-hybridized carbons (Fsp3) is 0.500. The molecule has 1 aromatic carbocycles. The Morgan fingerprint density at radius 2 is 2.31 bits per heavy atom. The Morgan fingerprint density at radius 3 is 2.94 bits per heavy atom. The molecule has 0 radical (unpaired) electrons. The highest BCUT2D eigenvalue weighted by molar-refractivity contribution is 6.31. The van der Waals surface area contributed by atoms with Crippen LogP contribution in [0.2, 0.25) is 5.02 Å². The molecule has 0 aromatic heterocycles. The highest BCUT2D eigenvalue weighted by Crippen LogP contribution is 2.26. The van der Waals surface area contributed by atoms with Crippen LogP contribution in [0.4, 0.5) is 0 Å². The van der Waals surface area contributed by atoms with Gasteiger partial charge in [0.05, 0.1) is 5.48 Å². The molecule has 1 nitrogen and oxygen atoms in total. The second-order valence-corrected chi connectivity index (χ2v) is 3.76. The molecule has 0 unspecified atom stereocenters. The Bertz CT molecular complexity index is 783. The van der Waals surface area contributed by atoms with Gasteiger partial charge in [-0.2, -0.15) is 0 Å². The molecule has 2 heteroatoms. The molecule has 88 valence electrons. The van der Waals surface area contributed by atoms with E-state index < -0.39 is 78.8 Å². The standard InChI is InChI=1S/C14H19ClO/c1-10(9-14(2,3)4)13(16)11-6-5-7-12(15)8-11/h5-8,10H,9H2,1-4H3/t10-/m0/s1/i2D3,3D3,4D3,5D,6D,7D,8D,10D. The number of carbonyl (C=O) groups is 1. The van der Waals surface area contributed by atoms with Gasteiger partial charge in [0.25, 0.3) is 0 Å². The minimum absolute atomic E-state index is 0.663. The number of carbonyl (C=O) groups excluding carboxylic acids is 1. The molecule has 1 rings (SSSR count). The summed E-state index contributed by atoms with van der Waals surface area (Å²) in [6.45, 7) is -10.1. The third kappa shape index (κ3) is 3.97. The number of halogens is 1. The smallest absolute Gasteiger partial charge is 0.165 e. The molecule has 0 aliphatic carbocycles. The Labute approximate surface area is 122 Å². The average molecular weight is 253 g/mol. The van der Waals surface area contributed by atoms with Crippen molar-refractivity contribution in [3.8, 4) is 0 Å². The first-order valence-corrected chi connectivity index (χ1v) is 4.73. The monoisotopic (exact) mass is 252 g/mol. The number of hydrogen-bond donors (Lipinski definition) is 0. The largest absolute Gasteiger partial charge is 0.294 e. The predicted octanol–water partition coefficient (Wildman–Crippen LogP) is 4.60. The van der Waals surface area contributed by atoms with Crippen molar-refractivity contribution in [3.05, 3.63) is 34.8 Å². The van der Waals surface area contributed by atoms with Crippen molar-refractivity contribution < 1.29 is 24.0 Å². The normalized spacial score (nSPS) is 30.6. The number of benzene rings is 1. The van der Waals surface area contributed by atoms with Crippen LogP contribution in [-0.2, 0) is 0 Å². The van der Waals surface area contributed by atoms with E-state index in [1.807, 2.05) is 0 Å². The Hall–Kier alpha value is -0.820. The van der Waals surface area contributed by atoms with E-state index >= 15 is 0 Å². The fourth-order valence-electron chi connectivity index (χ4n) is 1.13. The number of hydrogen-bond acceptors (Lipinski definition) is 1. The fourth-order valence-corrected chi connectivity index (χ4v) is 1.27. The van der Waals surface area contributed by atoms with Gasteiger partial charge in [-0.25, -0.2) is 0 Å². The lowest BCUT2D eigenvalue weighted by Crippen LogP contribution is -2.18. The van der Waals surface area contributed by atoms with Crippen LogP contribution in [0.25, 0.3) is 0 Å². The molecule has 0 saturated carbocycles. The summed E-state index contributed by atoms with van der Waals surface area (Å²) in [5, 5.41) is -0.663. The van der Waals surface area contributed by atoms with Crippen molar-refractivity contribution in [1.29, 1.82) is 0 Å². The van der Waals surface area contributed by atoms with Gasteiger partial charge < -0.3 is 0 Å². The van der Waals surface area contributed by atoms with E-state index in [1.165, 1.54) is 0 Å². The van der Waals surface area contributed by atoms with Crippen molar-refractivity contribution in [2.24, 2.45) is 11.3 Å². The van der Waals surface area contributed by atoms with Gasteiger partial charge in [0.15, 0.2) is 5.78 Å². The van der Waals surface area contributed by atoms with Gasteiger partial charge in [-0.3, -0.25) is 4.79 Å². The molecule has 0 aliphatic heterocycles. The Morgan fingerprint density at radius 1 is 1.62 bits per heavy atom. The Kier molecular flexibility index (Phi) is 1.12. The summed E-state index contributed by atoms with van der Waals surface area (Å²) in [6, 6.07) is -3.34. The zero-order valence-electron chi connectivity index (χ0n) is 22.5. The molecule has 0 spiro atoms. The van der Waals surface area contributed by atoms with E-state index in [9.17, 15) is 4.79 Å². The molecule has 0 saturated heterocycles. The van der Waals surface area contributed by atoms with Gasteiger partial charge in [0.1, 0.15) is 0 Å². The van der Waals surface area contributed by atoms with Crippen LogP contribution in [0.15, 0.2) is 24.2 Å².